The summed E-state index contributed by atoms with van der Waals surface area (Å²) < 4.78 is 1.45. The van der Waals surface area contributed by atoms with Crippen molar-refractivity contribution in [3.63, 3.8) is 0 Å². The molecule has 0 spiro atoms. The van der Waals surface area contributed by atoms with Crippen molar-refractivity contribution in [3.05, 3.63) is 34.3 Å². The molecule has 0 amide bonds. The van der Waals surface area contributed by atoms with Crippen molar-refractivity contribution in [2.75, 3.05) is 6.54 Å². The normalized spacial score (nSPS) is 15.8. The number of rotatable bonds is 4. The molecule has 3 heteroatoms. The highest BCUT2D eigenvalue weighted by Gasteiger charge is 2.24. The maximum Gasteiger partial charge on any atom is 0.0466 e. The Morgan fingerprint density at radius 2 is 2.13 bits per heavy atom. The number of aryl methyl sites for hydroxylation is 1. The van der Waals surface area contributed by atoms with Crippen LogP contribution in [0.5, 0.6) is 0 Å². The van der Waals surface area contributed by atoms with Gasteiger partial charge in [-0.1, -0.05) is 13.3 Å². The fourth-order valence-electron chi connectivity index (χ4n) is 3.92. The molecule has 0 saturated carbocycles. The maximum atomic E-state index is 3.72. The molecule has 3 heterocycles. The molecule has 0 saturated heterocycles. The van der Waals surface area contributed by atoms with E-state index in [1.165, 1.54) is 52.5 Å². The van der Waals surface area contributed by atoms with Crippen LogP contribution in [0, 0.1) is 0 Å². The molecule has 1 aromatic carbocycles. The lowest BCUT2D eigenvalue weighted by Gasteiger charge is -2.30. The van der Waals surface area contributed by atoms with Gasteiger partial charge in [0.15, 0.2) is 0 Å². The highest BCUT2D eigenvalue weighted by molar-refractivity contribution is 7.17. The summed E-state index contributed by atoms with van der Waals surface area (Å²) in [5, 5.41) is 5.43. The van der Waals surface area contributed by atoms with Crippen LogP contribution in [0.2, 0.25) is 0 Å². The number of aromatic amines is 1. The topological polar surface area (TPSA) is 19.0 Å². The zero-order chi connectivity index (χ0) is 16.0. The van der Waals surface area contributed by atoms with E-state index in [1.54, 1.807) is 11.1 Å². The van der Waals surface area contributed by atoms with Gasteiger partial charge in [0, 0.05) is 52.2 Å². The Morgan fingerprint density at radius 1 is 1.26 bits per heavy atom. The standard InChI is InChI=1S/C20H26N2S/c1-4-5-6-14-12-23-18-8-7-17-20(19(14)18)15-11-22(13(2)3)10-9-16(15)21-17/h7-8,12-13,21H,4-6,9-11H2,1-3H3. The molecule has 0 atom stereocenters. The molecule has 122 valence electrons. The zero-order valence-electron chi connectivity index (χ0n) is 14.4. The second-order valence-corrected chi connectivity index (χ2v) is 8.03. The van der Waals surface area contributed by atoms with E-state index in [2.05, 4.69) is 48.2 Å². The molecule has 2 aromatic heterocycles. The quantitative estimate of drug-likeness (QED) is 0.671. The van der Waals surface area contributed by atoms with Gasteiger partial charge < -0.3 is 4.98 Å². The Bertz CT molecular complexity index is 840. The molecule has 23 heavy (non-hydrogen) atoms. The number of H-pyrrole nitrogens is 1. The van der Waals surface area contributed by atoms with Crippen LogP contribution in [-0.4, -0.2) is 22.5 Å². The first-order valence-electron chi connectivity index (χ1n) is 8.95. The lowest BCUT2D eigenvalue weighted by Crippen LogP contribution is -2.35. The summed E-state index contributed by atoms with van der Waals surface area (Å²) in [5.41, 5.74) is 5.92. The Labute approximate surface area is 142 Å². The minimum atomic E-state index is 0.620. The predicted molar refractivity (Wildman–Crippen MR) is 102 cm³/mol. The van der Waals surface area contributed by atoms with Crippen LogP contribution in [0.25, 0.3) is 21.0 Å². The van der Waals surface area contributed by atoms with E-state index in [0.717, 1.165) is 13.0 Å². The minimum Gasteiger partial charge on any atom is -0.358 e. The zero-order valence-corrected chi connectivity index (χ0v) is 15.2. The average Bonchev–Trinajstić information content (AvgIpc) is 3.12. The molecule has 0 fully saturated rings. The summed E-state index contributed by atoms with van der Waals surface area (Å²) in [4.78, 5) is 6.32. The van der Waals surface area contributed by atoms with Crippen molar-refractivity contribution in [2.45, 2.75) is 59.0 Å². The van der Waals surface area contributed by atoms with Gasteiger partial charge in [-0.3, -0.25) is 4.90 Å². The molecule has 1 aliphatic heterocycles. The Morgan fingerprint density at radius 3 is 2.91 bits per heavy atom. The monoisotopic (exact) mass is 326 g/mol. The van der Waals surface area contributed by atoms with E-state index in [1.807, 2.05) is 11.3 Å². The molecule has 0 radical (unpaired) electrons. The van der Waals surface area contributed by atoms with Gasteiger partial charge in [0.25, 0.3) is 0 Å². The summed E-state index contributed by atoms with van der Waals surface area (Å²) in [6.07, 6.45) is 4.91. The summed E-state index contributed by atoms with van der Waals surface area (Å²) in [6, 6.07) is 5.21. The molecule has 0 bridgehead atoms. The molecule has 3 aromatic rings. The van der Waals surface area contributed by atoms with Gasteiger partial charge in [0.1, 0.15) is 0 Å². The third kappa shape index (κ3) is 2.50. The van der Waals surface area contributed by atoms with Gasteiger partial charge in [-0.2, -0.15) is 0 Å². The number of benzene rings is 1. The predicted octanol–water partition coefficient (Wildman–Crippen LogP) is 5.49. The summed E-state index contributed by atoms with van der Waals surface area (Å²) in [6.45, 7) is 9.17. The fraction of sp³-hybridized carbons (Fsp3) is 0.500. The van der Waals surface area contributed by atoms with Crippen LogP contribution in [0.3, 0.4) is 0 Å². The number of nitrogens with zero attached hydrogens (tertiary/aromatic N) is 1. The molecular formula is C20H26N2S. The Hall–Kier alpha value is -1.32. The fourth-order valence-corrected chi connectivity index (χ4v) is 4.92. The number of hydrogen-bond donors (Lipinski definition) is 1. The summed E-state index contributed by atoms with van der Waals surface area (Å²) in [5.74, 6) is 0. The number of nitrogens with one attached hydrogen (secondary N) is 1. The van der Waals surface area contributed by atoms with Gasteiger partial charge in [-0.15, -0.1) is 11.3 Å². The van der Waals surface area contributed by atoms with E-state index < -0.39 is 0 Å². The third-order valence-corrected chi connectivity index (χ3v) is 6.30. The van der Waals surface area contributed by atoms with Crippen molar-refractivity contribution in [1.82, 2.24) is 9.88 Å². The number of fused-ring (bicyclic) bond motifs is 5. The van der Waals surface area contributed by atoms with Crippen molar-refractivity contribution in [3.8, 4) is 0 Å². The van der Waals surface area contributed by atoms with E-state index >= 15 is 0 Å². The Balaban J connectivity index is 1.91. The van der Waals surface area contributed by atoms with E-state index in [9.17, 15) is 0 Å². The molecule has 1 aliphatic rings. The van der Waals surface area contributed by atoms with Gasteiger partial charge in [-0.25, -0.2) is 0 Å². The second kappa shape index (κ2) is 5.95. The van der Waals surface area contributed by atoms with Gasteiger partial charge in [0.2, 0.25) is 0 Å². The number of thiophene rings is 1. The minimum absolute atomic E-state index is 0.620. The first-order chi connectivity index (χ1) is 11.2. The molecule has 0 aliphatic carbocycles. The number of unbranched alkanes of at least 4 members (excludes halogenated alkanes) is 1. The van der Waals surface area contributed by atoms with Crippen LogP contribution in [-0.2, 0) is 19.4 Å². The molecule has 1 N–H and O–H groups in total. The number of aromatic nitrogens is 1. The SMILES string of the molecule is CCCCc1csc2ccc3[nH]c4c(c3c12)CN(C(C)C)CC4. The second-order valence-electron chi connectivity index (χ2n) is 7.12. The van der Waals surface area contributed by atoms with Crippen LogP contribution in [0.15, 0.2) is 17.5 Å². The lowest BCUT2D eigenvalue weighted by atomic mass is 9.98. The van der Waals surface area contributed by atoms with Crippen LogP contribution < -0.4 is 0 Å². The highest BCUT2D eigenvalue weighted by atomic mass is 32.1. The Kier molecular flexibility index (Phi) is 3.94. The van der Waals surface area contributed by atoms with Crippen LogP contribution >= 0.6 is 11.3 Å². The molecular weight excluding hydrogens is 300 g/mol. The van der Waals surface area contributed by atoms with E-state index in [-0.39, 0.29) is 0 Å². The number of hydrogen-bond acceptors (Lipinski definition) is 2. The third-order valence-electron chi connectivity index (χ3n) is 5.31. The summed E-state index contributed by atoms with van der Waals surface area (Å²) in [7, 11) is 0. The van der Waals surface area contributed by atoms with Crippen molar-refractivity contribution < 1.29 is 0 Å². The van der Waals surface area contributed by atoms with Crippen molar-refractivity contribution in [2.24, 2.45) is 0 Å². The van der Waals surface area contributed by atoms with Crippen molar-refractivity contribution >= 4 is 32.3 Å². The van der Waals surface area contributed by atoms with Crippen molar-refractivity contribution in [1.29, 1.82) is 0 Å². The largest absolute Gasteiger partial charge is 0.358 e. The molecule has 4 rings (SSSR count). The van der Waals surface area contributed by atoms with Gasteiger partial charge in [-0.05, 0) is 55.3 Å². The lowest BCUT2D eigenvalue weighted by molar-refractivity contribution is 0.203. The molecule has 2 nitrogen and oxygen atoms in total. The maximum absolute atomic E-state index is 3.72. The summed E-state index contributed by atoms with van der Waals surface area (Å²) >= 11 is 1.91. The highest BCUT2D eigenvalue weighted by Crippen LogP contribution is 2.38. The van der Waals surface area contributed by atoms with Crippen LogP contribution in [0.1, 0.15) is 50.4 Å². The van der Waals surface area contributed by atoms with Gasteiger partial charge >= 0.3 is 0 Å². The van der Waals surface area contributed by atoms with E-state index in [4.69, 9.17) is 0 Å². The smallest absolute Gasteiger partial charge is 0.0466 e. The van der Waals surface area contributed by atoms with Gasteiger partial charge in [0.05, 0.1) is 0 Å². The average molecular weight is 327 g/mol. The first-order valence-corrected chi connectivity index (χ1v) is 9.83. The molecule has 0 unspecified atom stereocenters. The first kappa shape index (κ1) is 15.2. The van der Waals surface area contributed by atoms with E-state index in [0.29, 0.717) is 6.04 Å². The van der Waals surface area contributed by atoms with Crippen LogP contribution in [0.4, 0.5) is 0 Å².